The lowest BCUT2D eigenvalue weighted by Crippen LogP contribution is -2.46. The van der Waals surface area contributed by atoms with Crippen LogP contribution in [0.15, 0.2) is 18.2 Å². The number of para-hydroxylation sites is 1. The quantitative estimate of drug-likeness (QED) is 0.472. The Morgan fingerprint density at radius 1 is 1.56 bits per heavy atom. The Kier molecular flexibility index (Phi) is 3.13. The van der Waals surface area contributed by atoms with E-state index in [-0.39, 0.29) is 11.4 Å². The lowest BCUT2D eigenvalue weighted by atomic mass is 9.94. The molecule has 0 amide bonds. The third kappa shape index (κ3) is 2.38. The number of nitrogen functional groups attached to an aromatic ring is 1. The van der Waals surface area contributed by atoms with Crippen LogP contribution in [0.4, 0.5) is 17.1 Å². The van der Waals surface area contributed by atoms with Crippen molar-refractivity contribution in [2.24, 2.45) is 0 Å². The Labute approximate surface area is 105 Å². The molecule has 6 heteroatoms. The maximum Gasteiger partial charge on any atom is 0.315 e. The highest BCUT2D eigenvalue weighted by Crippen LogP contribution is 2.36. The third-order valence-electron chi connectivity index (χ3n) is 3.24. The second kappa shape index (κ2) is 4.45. The largest absolute Gasteiger partial charge is 0.393 e. The molecule has 1 aliphatic heterocycles. The first kappa shape index (κ1) is 12.6. The van der Waals surface area contributed by atoms with Crippen molar-refractivity contribution >= 4 is 17.1 Å². The Balaban J connectivity index is 2.39. The summed E-state index contributed by atoms with van der Waals surface area (Å²) in [5.41, 5.74) is 5.42. The highest BCUT2D eigenvalue weighted by molar-refractivity contribution is 5.75. The third-order valence-corrected chi connectivity index (χ3v) is 3.24. The second-order valence-corrected chi connectivity index (χ2v) is 4.99. The van der Waals surface area contributed by atoms with Crippen LogP contribution in [-0.4, -0.2) is 28.7 Å². The molecule has 1 saturated heterocycles. The summed E-state index contributed by atoms with van der Waals surface area (Å²) in [5.74, 6) is 0. The van der Waals surface area contributed by atoms with Gasteiger partial charge in [-0.25, -0.2) is 0 Å². The maximum atomic E-state index is 11.1. The molecule has 0 radical (unpaired) electrons. The molecule has 18 heavy (non-hydrogen) atoms. The van der Waals surface area contributed by atoms with Crippen LogP contribution in [0.3, 0.4) is 0 Å². The summed E-state index contributed by atoms with van der Waals surface area (Å²) >= 11 is 0. The van der Waals surface area contributed by atoms with Gasteiger partial charge >= 0.3 is 5.69 Å². The number of piperidine rings is 1. The zero-order valence-corrected chi connectivity index (χ0v) is 10.3. The molecular formula is C12H17N3O3. The van der Waals surface area contributed by atoms with Crippen LogP contribution < -0.4 is 10.6 Å². The van der Waals surface area contributed by atoms with Gasteiger partial charge in [-0.15, -0.1) is 0 Å². The minimum atomic E-state index is -0.809. The number of nitro benzene ring substituents is 1. The van der Waals surface area contributed by atoms with Crippen molar-refractivity contribution in [2.75, 3.05) is 23.7 Å². The Hall–Kier alpha value is -1.82. The first-order valence-electron chi connectivity index (χ1n) is 5.91. The van der Waals surface area contributed by atoms with E-state index in [0.29, 0.717) is 25.2 Å². The van der Waals surface area contributed by atoms with Crippen molar-refractivity contribution in [3.8, 4) is 0 Å². The molecule has 3 N–H and O–H groups in total. The van der Waals surface area contributed by atoms with Gasteiger partial charge in [0.1, 0.15) is 11.4 Å². The summed E-state index contributed by atoms with van der Waals surface area (Å²) < 4.78 is 0. The van der Waals surface area contributed by atoms with E-state index in [9.17, 15) is 15.2 Å². The van der Waals surface area contributed by atoms with E-state index in [4.69, 9.17) is 5.73 Å². The number of aliphatic hydroxyl groups is 1. The van der Waals surface area contributed by atoms with Gasteiger partial charge in [-0.05, 0) is 31.9 Å². The van der Waals surface area contributed by atoms with Crippen LogP contribution in [0, 0.1) is 10.1 Å². The molecule has 1 aromatic rings. The molecule has 1 aromatic carbocycles. The van der Waals surface area contributed by atoms with E-state index in [2.05, 4.69) is 0 Å². The molecule has 0 aromatic heterocycles. The van der Waals surface area contributed by atoms with Crippen molar-refractivity contribution in [2.45, 2.75) is 25.4 Å². The van der Waals surface area contributed by atoms with Crippen LogP contribution in [-0.2, 0) is 0 Å². The van der Waals surface area contributed by atoms with Crippen LogP contribution in [0.1, 0.15) is 19.8 Å². The topological polar surface area (TPSA) is 92.6 Å². The van der Waals surface area contributed by atoms with Crippen LogP contribution in [0.5, 0.6) is 0 Å². The van der Waals surface area contributed by atoms with Crippen molar-refractivity contribution in [3.63, 3.8) is 0 Å². The van der Waals surface area contributed by atoms with Gasteiger partial charge in [-0.2, -0.15) is 0 Å². The van der Waals surface area contributed by atoms with E-state index in [1.165, 1.54) is 6.07 Å². The number of rotatable bonds is 2. The summed E-state index contributed by atoms with van der Waals surface area (Å²) in [6, 6.07) is 4.89. The lowest BCUT2D eigenvalue weighted by molar-refractivity contribution is -0.383. The minimum absolute atomic E-state index is 0.0739. The predicted octanol–water partition coefficient (Wildman–Crippen LogP) is 1.53. The zero-order valence-electron chi connectivity index (χ0n) is 10.3. The molecule has 2 rings (SSSR count). The normalized spacial score (nSPS) is 24.0. The molecule has 0 spiro atoms. The Morgan fingerprint density at radius 2 is 2.28 bits per heavy atom. The smallest absolute Gasteiger partial charge is 0.315 e. The van der Waals surface area contributed by atoms with Crippen molar-refractivity contribution in [1.82, 2.24) is 0 Å². The summed E-state index contributed by atoms with van der Waals surface area (Å²) in [5, 5.41) is 21.1. The highest BCUT2D eigenvalue weighted by atomic mass is 16.6. The zero-order chi connectivity index (χ0) is 13.3. The number of anilines is 2. The predicted molar refractivity (Wildman–Crippen MR) is 69.6 cm³/mol. The molecule has 6 nitrogen and oxygen atoms in total. The number of benzene rings is 1. The molecule has 1 atom stereocenters. The molecule has 0 bridgehead atoms. The van der Waals surface area contributed by atoms with Crippen LogP contribution in [0.2, 0.25) is 0 Å². The van der Waals surface area contributed by atoms with Crippen LogP contribution >= 0.6 is 0 Å². The van der Waals surface area contributed by atoms with E-state index in [1.54, 1.807) is 19.1 Å². The summed E-state index contributed by atoms with van der Waals surface area (Å²) in [6.45, 7) is 2.83. The van der Waals surface area contributed by atoms with Crippen molar-refractivity contribution in [1.29, 1.82) is 0 Å². The van der Waals surface area contributed by atoms with Gasteiger partial charge in [0.05, 0.1) is 10.5 Å². The fourth-order valence-electron chi connectivity index (χ4n) is 2.43. The number of nitrogens with two attached hydrogens (primary N) is 1. The standard InChI is InChI=1S/C12H17N3O3/c1-12(16)6-3-7-14(8-12)10-5-2-4-9(13)11(10)15(17)18/h2,4-5,16H,3,6-8,13H2,1H3. The van der Waals surface area contributed by atoms with E-state index >= 15 is 0 Å². The molecule has 1 fully saturated rings. The summed E-state index contributed by atoms with van der Waals surface area (Å²) in [4.78, 5) is 12.5. The average Bonchev–Trinajstić information content (AvgIpc) is 2.26. The Bertz CT molecular complexity index is 474. The first-order valence-corrected chi connectivity index (χ1v) is 5.91. The maximum absolute atomic E-state index is 11.1. The molecule has 1 heterocycles. The summed E-state index contributed by atoms with van der Waals surface area (Å²) in [6.07, 6.45) is 1.51. The number of hydrogen-bond acceptors (Lipinski definition) is 5. The van der Waals surface area contributed by atoms with E-state index in [1.807, 2.05) is 4.90 Å². The molecule has 0 saturated carbocycles. The monoisotopic (exact) mass is 251 g/mol. The van der Waals surface area contributed by atoms with Gasteiger partial charge in [0, 0.05) is 13.1 Å². The van der Waals surface area contributed by atoms with Gasteiger partial charge in [-0.3, -0.25) is 10.1 Å². The minimum Gasteiger partial charge on any atom is -0.393 e. The molecule has 0 aliphatic carbocycles. The lowest BCUT2D eigenvalue weighted by Gasteiger charge is -2.37. The molecular weight excluding hydrogens is 234 g/mol. The molecule has 1 aliphatic rings. The highest BCUT2D eigenvalue weighted by Gasteiger charge is 2.32. The Morgan fingerprint density at radius 3 is 2.89 bits per heavy atom. The number of hydrogen-bond donors (Lipinski definition) is 2. The van der Waals surface area contributed by atoms with Crippen LogP contribution in [0.25, 0.3) is 0 Å². The molecule has 98 valence electrons. The SMILES string of the molecule is CC1(O)CCCN(c2cccc(N)c2[N+](=O)[O-])C1. The molecule has 1 unspecified atom stereocenters. The first-order chi connectivity index (χ1) is 8.41. The number of β-amino-alcohol motifs (C(OH)–C–C–N with tert-alkyl or cyclic N) is 1. The van der Waals surface area contributed by atoms with Gasteiger partial charge in [0.25, 0.3) is 0 Å². The van der Waals surface area contributed by atoms with Gasteiger partial charge in [0.2, 0.25) is 0 Å². The number of nitrogens with zero attached hydrogens (tertiary/aromatic N) is 2. The van der Waals surface area contributed by atoms with E-state index in [0.717, 1.165) is 6.42 Å². The fraction of sp³-hybridized carbons (Fsp3) is 0.500. The van der Waals surface area contributed by atoms with Crippen molar-refractivity contribution < 1.29 is 10.0 Å². The van der Waals surface area contributed by atoms with Gasteiger partial charge in [0.15, 0.2) is 0 Å². The number of nitro groups is 1. The fourth-order valence-corrected chi connectivity index (χ4v) is 2.43. The summed E-state index contributed by atoms with van der Waals surface area (Å²) in [7, 11) is 0. The van der Waals surface area contributed by atoms with E-state index < -0.39 is 10.5 Å². The van der Waals surface area contributed by atoms with Crippen molar-refractivity contribution in [3.05, 3.63) is 28.3 Å². The van der Waals surface area contributed by atoms with Gasteiger partial charge < -0.3 is 15.7 Å². The average molecular weight is 251 g/mol. The second-order valence-electron chi connectivity index (χ2n) is 4.99. The van der Waals surface area contributed by atoms with Gasteiger partial charge in [-0.1, -0.05) is 6.07 Å².